The average Bonchev–Trinajstić information content (AvgIpc) is 2.31. The predicted molar refractivity (Wildman–Crippen MR) is 68.6 cm³/mol. The summed E-state index contributed by atoms with van der Waals surface area (Å²) in [5, 5.41) is 2.62. The molecule has 3 nitrogen and oxygen atoms in total. The molecular formula is C12H7Cl2FN2O. The second-order valence-electron chi connectivity index (χ2n) is 3.44. The molecule has 6 heteroatoms. The van der Waals surface area contributed by atoms with Crippen LogP contribution < -0.4 is 5.32 Å². The molecule has 0 aliphatic carbocycles. The van der Waals surface area contributed by atoms with Gasteiger partial charge in [0.2, 0.25) is 0 Å². The van der Waals surface area contributed by atoms with Crippen molar-refractivity contribution in [3.63, 3.8) is 0 Å². The third-order valence-corrected chi connectivity index (χ3v) is 2.53. The van der Waals surface area contributed by atoms with Crippen molar-refractivity contribution in [2.24, 2.45) is 0 Å². The van der Waals surface area contributed by atoms with E-state index in [1.54, 1.807) is 6.07 Å². The van der Waals surface area contributed by atoms with Crippen LogP contribution in [0.3, 0.4) is 0 Å². The number of para-hydroxylation sites is 1. The van der Waals surface area contributed by atoms with Crippen molar-refractivity contribution in [3.8, 4) is 0 Å². The van der Waals surface area contributed by atoms with Crippen LogP contribution in [0.5, 0.6) is 0 Å². The van der Waals surface area contributed by atoms with Crippen LogP contribution in [0.4, 0.5) is 10.1 Å². The highest BCUT2D eigenvalue weighted by Crippen LogP contribution is 2.17. The molecule has 1 amide bonds. The zero-order chi connectivity index (χ0) is 13.1. The van der Waals surface area contributed by atoms with E-state index in [9.17, 15) is 9.18 Å². The standard InChI is InChI=1S/C12H7Cl2FN2O/c13-10-5-7(6-11(14)17-10)12(18)16-9-4-2-1-3-8(9)15/h1-6H,(H,16,18). The van der Waals surface area contributed by atoms with Crippen molar-refractivity contribution < 1.29 is 9.18 Å². The van der Waals surface area contributed by atoms with Gasteiger partial charge in [0, 0.05) is 5.56 Å². The molecular weight excluding hydrogens is 278 g/mol. The van der Waals surface area contributed by atoms with Gasteiger partial charge in [-0.3, -0.25) is 4.79 Å². The molecule has 92 valence electrons. The van der Waals surface area contributed by atoms with Gasteiger partial charge in [-0.25, -0.2) is 9.37 Å². The number of amides is 1. The highest BCUT2D eigenvalue weighted by molar-refractivity contribution is 6.33. The largest absolute Gasteiger partial charge is 0.319 e. The first kappa shape index (κ1) is 12.8. The quantitative estimate of drug-likeness (QED) is 0.853. The highest BCUT2D eigenvalue weighted by atomic mass is 35.5. The van der Waals surface area contributed by atoms with Crippen molar-refractivity contribution in [1.29, 1.82) is 0 Å². The Bertz CT molecular complexity index is 584. The first-order valence-electron chi connectivity index (χ1n) is 4.95. The van der Waals surface area contributed by atoms with Gasteiger partial charge in [0.25, 0.3) is 5.91 Å². The molecule has 0 aliphatic heterocycles. The molecule has 0 spiro atoms. The molecule has 18 heavy (non-hydrogen) atoms. The van der Waals surface area contributed by atoms with Crippen molar-refractivity contribution in [1.82, 2.24) is 4.98 Å². The second-order valence-corrected chi connectivity index (χ2v) is 4.21. The first-order valence-corrected chi connectivity index (χ1v) is 5.71. The van der Waals surface area contributed by atoms with Crippen molar-refractivity contribution in [2.75, 3.05) is 5.32 Å². The number of carbonyl (C=O) groups is 1. The van der Waals surface area contributed by atoms with Crippen LogP contribution in [0.15, 0.2) is 36.4 Å². The number of nitrogens with one attached hydrogen (secondary N) is 1. The van der Waals surface area contributed by atoms with Gasteiger partial charge < -0.3 is 5.32 Å². The van der Waals surface area contributed by atoms with Crippen molar-refractivity contribution in [2.45, 2.75) is 0 Å². The van der Waals surface area contributed by atoms with E-state index < -0.39 is 11.7 Å². The van der Waals surface area contributed by atoms with Gasteiger partial charge >= 0.3 is 0 Å². The summed E-state index contributed by atoms with van der Waals surface area (Å²) in [6.45, 7) is 0. The molecule has 0 atom stereocenters. The molecule has 0 unspecified atom stereocenters. The lowest BCUT2D eigenvalue weighted by molar-refractivity contribution is 0.102. The number of hydrogen-bond acceptors (Lipinski definition) is 2. The number of benzene rings is 1. The highest BCUT2D eigenvalue weighted by Gasteiger charge is 2.10. The minimum absolute atomic E-state index is 0.0894. The maximum Gasteiger partial charge on any atom is 0.255 e. The van der Waals surface area contributed by atoms with Crippen LogP contribution in [-0.4, -0.2) is 10.9 Å². The SMILES string of the molecule is O=C(Nc1ccccc1F)c1cc(Cl)nc(Cl)c1. The number of rotatable bonds is 2. The third-order valence-electron chi connectivity index (χ3n) is 2.15. The van der Waals surface area contributed by atoms with Gasteiger partial charge in [-0.1, -0.05) is 35.3 Å². The Morgan fingerprint density at radius 1 is 1.17 bits per heavy atom. The van der Waals surface area contributed by atoms with Crippen molar-refractivity contribution in [3.05, 3.63) is 58.1 Å². The Morgan fingerprint density at radius 3 is 2.39 bits per heavy atom. The molecule has 0 fully saturated rings. The molecule has 1 N–H and O–H groups in total. The fourth-order valence-electron chi connectivity index (χ4n) is 1.35. The molecule has 1 heterocycles. The van der Waals surface area contributed by atoms with Gasteiger partial charge in [-0.05, 0) is 24.3 Å². The lowest BCUT2D eigenvalue weighted by Gasteiger charge is -2.06. The summed E-state index contributed by atoms with van der Waals surface area (Å²) in [4.78, 5) is 15.6. The predicted octanol–water partition coefficient (Wildman–Crippen LogP) is 3.78. The minimum atomic E-state index is -0.517. The van der Waals surface area contributed by atoms with Crippen LogP contribution in [-0.2, 0) is 0 Å². The van der Waals surface area contributed by atoms with E-state index in [0.717, 1.165) is 0 Å². The fourth-order valence-corrected chi connectivity index (χ4v) is 1.81. The Kier molecular flexibility index (Phi) is 3.79. The Morgan fingerprint density at radius 2 is 1.78 bits per heavy atom. The van der Waals surface area contributed by atoms with Gasteiger partial charge in [0.15, 0.2) is 0 Å². The zero-order valence-electron chi connectivity index (χ0n) is 8.95. The van der Waals surface area contributed by atoms with Crippen LogP contribution in [0.2, 0.25) is 10.3 Å². The molecule has 0 bridgehead atoms. The molecule has 1 aromatic heterocycles. The molecule has 0 radical (unpaired) electrons. The summed E-state index contributed by atoms with van der Waals surface area (Å²) < 4.78 is 13.3. The Labute approximate surface area is 113 Å². The Hall–Kier alpha value is -1.65. The van der Waals surface area contributed by atoms with Crippen LogP contribution >= 0.6 is 23.2 Å². The lowest BCUT2D eigenvalue weighted by Crippen LogP contribution is -2.13. The molecule has 2 rings (SSSR count). The first-order chi connectivity index (χ1) is 8.56. The molecule has 0 aliphatic rings. The van der Waals surface area contributed by atoms with Gasteiger partial charge in [0.05, 0.1) is 5.69 Å². The monoisotopic (exact) mass is 284 g/mol. The smallest absolute Gasteiger partial charge is 0.255 e. The van der Waals surface area contributed by atoms with Gasteiger partial charge in [-0.2, -0.15) is 0 Å². The van der Waals surface area contributed by atoms with Crippen LogP contribution in [0, 0.1) is 5.82 Å². The topological polar surface area (TPSA) is 42.0 Å². The van der Waals surface area contributed by atoms with E-state index >= 15 is 0 Å². The summed E-state index contributed by atoms with van der Waals surface area (Å²) in [5.41, 5.74) is 0.301. The molecule has 0 saturated carbocycles. The number of halogens is 3. The number of carbonyl (C=O) groups excluding carboxylic acids is 1. The maximum absolute atomic E-state index is 13.3. The van der Waals surface area contributed by atoms with Crippen LogP contribution in [0.25, 0.3) is 0 Å². The summed E-state index contributed by atoms with van der Waals surface area (Å²) in [5.74, 6) is -1.02. The number of hydrogen-bond donors (Lipinski definition) is 1. The number of pyridine rings is 1. The average molecular weight is 285 g/mol. The van der Waals surface area contributed by atoms with Gasteiger partial charge in [0.1, 0.15) is 16.1 Å². The third kappa shape index (κ3) is 2.97. The number of aromatic nitrogens is 1. The van der Waals surface area contributed by atoms with E-state index in [1.165, 1.54) is 30.3 Å². The van der Waals surface area contributed by atoms with Crippen molar-refractivity contribution >= 4 is 34.8 Å². The molecule has 0 saturated heterocycles. The molecule has 1 aromatic carbocycles. The minimum Gasteiger partial charge on any atom is -0.319 e. The maximum atomic E-state index is 13.3. The van der Waals surface area contributed by atoms with Gasteiger partial charge in [-0.15, -0.1) is 0 Å². The van der Waals surface area contributed by atoms with E-state index in [1.807, 2.05) is 0 Å². The van der Waals surface area contributed by atoms with E-state index in [0.29, 0.717) is 0 Å². The number of anilines is 1. The zero-order valence-corrected chi connectivity index (χ0v) is 10.5. The fraction of sp³-hybridized carbons (Fsp3) is 0. The van der Waals surface area contributed by atoms with E-state index in [2.05, 4.69) is 10.3 Å². The Balaban J connectivity index is 2.25. The summed E-state index contributed by atoms with van der Waals surface area (Å²) in [6.07, 6.45) is 0. The van der Waals surface area contributed by atoms with E-state index in [4.69, 9.17) is 23.2 Å². The summed E-state index contributed by atoms with van der Waals surface area (Å²) >= 11 is 11.4. The summed E-state index contributed by atoms with van der Waals surface area (Å²) in [6, 6.07) is 8.56. The van der Waals surface area contributed by atoms with E-state index in [-0.39, 0.29) is 21.6 Å². The lowest BCUT2D eigenvalue weighted by atomic mass is 10.2. The molecule has 2 aromatic rings. The van der Waals surface area contributed by atoms with Crippen LogP contribution in [0.1, 0.15) is 10.4 Å². The normalized spacial score (nSPS) is 10.2. The summed E-state index contributed by atoms with van der Waals surface area (Å²) in [7, 11) is 0. The second kappa shape index (κ2) is 5.33. The number of nitrogens with zero attached hydrogens (tertiary/aromatic N) is 1.